The van der Waals surface area contributed by atoms with Gasteiger partial charge in [-0.25, -0.2) is 4.79 Å². The molecular weight excluding hydrogens is 256 g/mol. The molecule has 7 heteroatoms. The molecule has 18 heavy (non-hydrogen) atoms. The van der Waals surface area contributed by atoms with Crippen molar-refractivity contribution in [1.29, 1.82) is 0 Å². The van der Waals surface area contributed by atoms with E-state index in [9.17, 15) is 14.9 Å². The van der Waals surface area contributed by atoms with Gasteiger partial charge in [-0.3, -0.25) is 10.1 Å². The number of thioether (sulfide) groups is 1. The molecule has 1 aromatic rings. The third-order valence-corrected chi connectivity index (χ3v) is 2.98. The lowest BCUT2D eigenvalue weighted by Gasteiger charge is -2.07. The second-order valence-corrected chi connectivity index (χ2v) is 4.55. The van der Waals surface area contributed by atoms with Crippen molar-refractivity contribution >= 4 is 29.1 Å². The monoisotopic (exact) mass is 270 g/mol. The minimum absolute atomic E-state index is 0.0352. The summed E-state index contributed by atoms with van der Waals surface area (Å²) in [4.78, 5) is 21.1. The highest BCUT2D eigenvalue weighted by molar-refractivity contribution is 7.98. The normalized spacial score (nSPS) is 10.1. The van der Waals surface area contributed by atoms with Gasteiger partial charge in [0.1, 0.15) is 5.69 Å². The van der Waals surface area contributed by atoms with E-state index >= 15 is 0 Å². The molecule has 0 saturated heterocycles. The van der Waals surface area contributed by atoms with Crippen LogP contribution >= 0.6 is 11.8 Å². The van der Waals surface area contributed by atoms with Gasteiger partial charge in [0.2, 0.25) is 0 Å². The van der Waals surface area contributed by atoms with Gasteiger partial charge in [0.05, 0.1) is 10.5 Å². The van der Waals surface area contributed by atoms with Gasteiger partial charge in [0.25, 0.3) is 5.69 Å². The Labute approximate surface area is 109 Å². The second-order valence-electron chi connectivity index (χ2n) is 3.57. The zero-order chi connectivity index (χ0) is 13.5. The number of hydrogen-bond donors (Lipinski definition) is 2. The Kier molecular flexibility index (Phi) is 5.44. The Morgan fingerprint density at radius 1 is 1.56 bits per heavy atom. The van der Waals surface area contributed by atoms with E-state index in [2.05, 4.69) is 5.32 Å². The molecule has 2 N–H and O–H groups in total. The van der Waals surface area contributed by atoms with E-state index in [1.807, 2.05) is 6.26 Å². The first kappa shape index (κ1) is 14.3. The molecule has 0 radical (unpaired) electrons. The van der Waals surface area contributed by atoms with Crippen molar-refractivity contribution in [1.82, 2.24) is 0 Å². The summed E-state index contributed by atoms with van der Waals surface area (Å²) in [6.45, 7) is 0.574. The molecule has 0 saturated carbocycles. The van der Waals surface area contributed by atoms with Crippen LogP contribution in [0.4, 0.5) is 11.4 Å². The number of nitro groups is 1. The minimum Gasteiger partial charge on any atom is -0.478 e. The summed E-state index contributed by atoms with van der Waals surface area (Å²) in [6, 6.07) is 3.73. The average molecular weight is 270 g/mol. The highest BCUT2D eigenvalue weighted by atomic mass is 32.2. The van der Waals surface area contributed by atoms with Crippen molar-refractivity contribution < 1.29 is 14.8 Å². The fourth-order valence-corrected chi connectivity index (χ4v) is 1.84. The molecule has 0 aliphatic carbocycles. The molecule has 0 bridgehead atoms. The molecule has 0 atom stereocenters. The SMILES string of the molecule is CSCCCNc1cc(C(=O)O)ccc1[N+](=O)[O-]. The van der Waals surface area contributed by atoms with E-state index < -0.39 is 10.9 Å². The van der Waals surface area contributed by atoms with Crippen LogP contribution in [-0.2, 0) is 0 Å². The molecular formula is C11H14N2O4S. The van der Waals surface area contributed by atoms with Crippen molar-refractivity contribution in [2.75, 3.05) is 23.9 Å². The van der Waals surface area contributed by atoms with Crippen molar-refractivity contribution in [3.63, 3.8) is 0 Å². The molecule has 0 fully saturated rings. The highest BCUT2D eigenvalue weighted by Crippen LogP contribution is 2.25. The van der Waals surface area contributed by atoms with E-state index in [4.69, 9.17) is 5.11 Å². The summed E-state index contributed by atoms with van der Waals surface area (Å²) in [5.41, 5.74) is 0.179. The summed E-state index contributed by atoms with van der Waals surface area (Å²) >= 11 is 1.69. The standard InChI is InChI=1S/C11H14N2O4S/c1-18-6-2-5-12-9-7-8(11(14)15)3-4-10(9)13(16)17/h3-4,7,12H,2,5-6H2,1H3,(H,14,15). The molecule has 0 heterocycles. The maximum atomic E-state index is 10.8. The Hall–Kier alpha value is -1.76. The lowest BCUT2D eigenvalue weighted by atomic mass is 10.1. The maximum absolute atomic E-state index is 10.8. The van der Waals surface area contributed by atoms with Gasteiger partial charge in [0, 0.05) is 12.6 Å². The zero-order valence-electron chi connectivity index (χ0n) is 9.88. The van der Waals surface area contributed by atoms with Crippen LogP contribution in [0.1, 0.15) is 16.8 Å². The summed E-state index contributed by atoms with van der Waals surface area (Å²) in [7, 11) is 0. The number of hydrogen-bond acceptors (Lipinski definition) is 5. The Bertz CT molecular complexity index is 451. The van der Waals surface area contributed by atoms with E-state index in [1.165, 1.54) is 18.2 Å². The molecule has 0 aliphatic heterocycles. The van der Waals surface area contributed by atoms with E-state index in [1.54, 1.807) is 11.8 Å². The average Bonchev–Trinajstić information content (AvgIpc) is 2.34. The molecule has 0 unspecified atom stereocenters. The molecule has 1 rings (SSSR count). The molecule has 0 amide bonds. The number of rotatable bonds is 7. The number of aromatic carboxylic acids is 1. The van der Waals surface area contributed by atoms with Crippen molar-refractivity contribution in [2.45, 2.75) is 6.42 Å². The third-order valence-electron chi connectivity index (χ3n) is 2.28. The van der Waals surface area contributed by atoms with Gasteiger partial charge >= 0.3 is 5.97 Å². The second kappa shape index (κ2) is 6.85. The quantitative estimate of drug-likeness (QED) is 0.449. The largest absolute Gasteiger partial charge is 0.478 e. The lowest BCUT2D eigenvalue weighted by molar-refractivity contribution is -0.384. The highest BCUT2D eigenvalue weighted by Gasteiger charge is 2.15. The van der Waals surface area contributed by atoms with Crippen LogP contribution in [-0.4, -0.2) is 34.6 Å². The van der Waals surface area contributed by atoms with Crippen LogP contribution in [0.2, 0.25) is 0 Å². The molecule has 6 nitrogen and oxygen atoms in total. The molecule has 98 valence electrons. The number of carboxylic acids is 1. The molecule has 0 aromatic heterocycles. The van der Waals surface area contributed by atoms with Crippen molar-refractivity contribution in [3.05, 3.63) is 33.9 Å². The van der Waals surface area contributed by atoms with E-state index in [0.717, 1.165) is 12.2 Å². The number of carbonyl (C=O) groups is 1. The number of nitro benzene ring substituents is 1. The van der Waals surface area contributed by atoms with Gasteiger partial charge in [-0.2, -0.15) is 11.8 Å². The smallest absolute Gasteiger partial charge is 0.335 e. The van der Waals surface area contributed by atoms with Crippen LogP contribution in [0.5, 0.6) is 0 Å². The van der Waals surface area contributed by atoms with Gasteiger partial charge in [0.15, 0.2) is 0 Å². The van der Waals surface area contributed by atoms with E-state index in [0.29, 0.717) is 6.54 Å². The molecule has 1 aromatic carbocycles. The van der Waals surface area contributed by atoms with Gasteiger partial charge in [-0.15, -0.1) is 0 Å². The first-order valence-electron chi connectivity index (χ1n) is 5.30. The topological polar surface area (TPSA) is 92.5 Å². The number of carboxylic acid groups (broad SMARTS) is 1. The van der Waals surface area contributed by atoms with Crippen LogP contribution in [0, 0.1) is 10.1 Å². The zero-order valence-corrected chi connectivity index (χ0v) is 10.7. The summed E-state index contributed by atoms with van der Waals surface area (Å²) in [5.74, 6) is -0.156. The van der Waals surface area contributed by atoms with Crippen molar-refractivity contribution in [3.8, 4) is 0 Å². The summed E-state index contributed by atoms with van der Waals surface area (Å²) in [6.07, 6.45) is 2.84. The van der Waals surface area contributed by atoms with Gasteiger partial charge in [-0.05, 0) is 30.6 Å². The van der Waals surface area contributed by atoms with E-state index in [-0.39, 0.29) is 16.9 Å². The lowest BCUT2D eigenvalue weighted by Crippen LogP contribution is -2.07. The number of nitrogens with one attached hydrogen (secondary N) is 1. The van der Waals surface area contributed by atoms with Crippen LogP contribution < -0.4 is 5.32 Å². The number of nitrogens with zero attached hydrogens (tertiary/aromatic N) is 1. The fraction of sp³-hybridized carbons (Fsp3) is 0.364. The number of anilines is 1. The van der Waals surface area contributed by atoms with Crippen LogP contribution in [0.25, 0.3) is 0 Å². The van der Waals surface area contributed by atoms with Crippen LogP contribution in [0.3, 0.4) is 0 Å². The first-order chi connectivity index (χ1) is 8.56. The first-order valence-corrected chi connectivity index (χ1v) is 6.70. The minimum atomic E-state index is -1.10. The Morgan fingerprint density at radius 2 is 2.28 bits per heavy atom. The predicted octanol–water partition coefficient (Wildman–Crippen LogP) is 2.46. The fourth-order valence-electron chi connectivity index (χ4n) is 1.41. The predicted molar refractivity (Wildman–Crippen MR) is 71.5 cm³/mol. The Morgan fingerprint density at radius 3 is 2.83 bits per heavy atom. The van der Waals surface area contributed by atoms with Crippen LogP contribution in [0.15, 0.2) is 18.2 Å². The summed E-state index contributed by atoms with van der Waals surface area (Å²) < 4.78 is 0. The number of benzene rings is 1. The van der Waals surface area contributed by atoms with Gasteiger partial charge < -0.3 is 10.4 Å². The third kappa shape index (κ3) is 3.92. The summed E-state index contributed by atoms with van der Waals surface area (Å²) in [5, 5.41) is 22.6. The van der Waals surface area contributed by atoms with Gasteiger partial charge in [-0.1, -0.05) is 0 Å². The Balaban J connectivity index is 2.86. The molecule has 0 aliphatic rings. The van der Waals surface area contributed by atoms with Crippen molar-refractivity contribution in [2.24, 2.45) is 0 Å². The molecule has 0 spiro atoms. The maximum Gasteiger partial charge on any atom is 0.335 e.